The number of carbonyl (C=O) groups excluding carboxylic acids is 3. The van der Waals surface area contributed by atoms with E-state index in [0.717, 1.165) is 16.1 Å². The fraction of sp³-hybridized carbons (Fsp3) is 0.147. The van der Waals surface area contributed by atoms with Crippen LogP contribution in [0.5, 0.6) is 17.2 Å². The molecule has 0 atom stereocenters. The van der Waals surface area contributed by atoms with E-state index in [2.05, 4.69) is 16.0 Å². The zero-order valence-electron chi connectivity index (χ0n) is 24.8. The first-order valence-electron chi connectivity index (χ1n) is 13.6. The van der Waals surface area contributed by atoms with E-state index in [4.69, 9.17) is 14.2 Å². The molecule has 10 heteroatoms. The lowest BCUT2D eigenvalue weighted by atomic mass is 10.1. The van der Waals surface area contributed by atoms with E-state index >= 15 is 0 Å². The summed E-state index contributed by atoms with van der Waals surface area (Å²) < 4.78 is 16.3. The molecule has 0 saturated heterocycles. The van der Waals surface area contributed by atoms with Crippen molar-refractivity contribution in [2.24, 2.45) is 0 Å². The third-order valence-corrected chi connectivity index (χ3v) is 7.44. The van der Waals surface area contributed by atoms with Crippen LogP contribution in [0, 0.1) is 6.92 Å². The maximum atomic E-state index is 13.6. The first kappa shape index (κ1) is 31.7. The Morgan fingerprint density at radius 3 is 2.14 bits per heavy atom. The molecule has 0 aromatic heterocycles. The first-order valence-corrected chi connectivity index (χ1v) is 14.6. The highest BCUT2D eigenvalue weighted by Gasteiger charge is 2.18. The number of hydrogen-bond donors (Lipinski definition) is 3. The molecular weight excluding hydrogens is 578 g/mol. The van der Waals surface area contributed by atoms with Gasteiger partial charge in [0, 0.05) is 33.5 Å². The Bertz CT molecular complexity index is 1670. The highest BCUT2D eigenvalue weighted by atomic mass is 32.2. The van der Waals surface area contributed by atoms with Crippen LogP contribution in [-0.2, 0) is 9.59 Å². The summed E-state index contributed by atoms with van der Waals surface area (Å²) in [7, 11) is 4.50. The predicted octanol–water partition coefficient (Wildman–Crippen LogP) is 6.16. The quantitative estimate of drug-likeness (QED) is 0.130. The maximum absolute atomic E-state index is 13.6. The second-order valence-corrected chi connectivity index (χ2v) is 10.5. The van der Waals surface area contributed by atoms with E-state index in [1.807, 2.05) is 37.3 Å². The van der Waals surface area contributed by atoms with Crippen LogP contribution in [-0.4, -0.2) is 44.8 Å². The minimum Gasteiger partial charge on any atom is -0.496 e. The second-order valence-electron chi connectivity index (χ2n) is 9.46. The lowest BCUT2D eigenvalue weighted by Gasteiger charge is -2.15. The zero-order valence-corrected chi connectivity index (χ0v) is 25.6. The van der Waals surface area contributed by atoms with Gasteiger partial charge in [-0.3, -0.25) is 14.4 Å². The number of nitrogens with one attached hydrogen (secondary N) is 3. The van der Waals surface area contributed by atoms with Crippen LogP contribution in [0.3, 0.4) is 0 Å². The van der Waals surface area contributed by atoms with Crippen LogP contribution in [0.4, 0.5) is 11.4 Å². The van der Waals surface area contributed by atoms with Crippen LogP contribution < -0.4 is 30.2 Å². The van der Waals surface area contributed by atoms with Gasteiger partial charge in [0.1, 0.15) is 11.4 Å². The molecule has 0 heterocycles. The number of amides is 3. The molecule has 0 saturated carbocycles. The molecule has 226 valence electrons. The van der Waals surface area contributed by atoms with Gasteiger partial charge < -0.3 is 30.2 Å². The third kappa shape index (κ3) is 8.42. The molecule has 3 N–H and O–H groups in total. The van der Waals surface area contributed by atoms with E-state index < -0.39 is 11.8 Å². The van der Waals surface area contributed by atoms with Gasteiger partial charge in [-0.25, -0.2) is 0 Å². The van der Waals surface area contributed by atoms with Gasteiger partial charge in [0.25, 0.3) is 11.8 Å². The fourth-order valence-corrected chi connectivity index (χ4v) is 4.93. The van der Waals surface area contributed by atoms with E-state index in [1.54, 1.807) is 60.7 Å². The summed E-state index contributed by atoms with van der Waals surface area (Å²) in [5, 5.41) is 8.49. The van der Waals surface area contributed by atoms with Crippen LogP contribution in [0.1, 0.15) is 21.5 Å². The summed E-state index contributed by atoms with van der Waals surface area (Å²) in [5.74, 6) is 0.289. The molecule has 44 heavy (non-hydrogen) atoms. The standard InChI is InChI=1S/C34H33N3O6S/c1-22-11-8-9-16-27(22)36-32(38)21-44-26-15-10-14-25(19-26)35-34(40)28(37-33(39)23-12-6-5-7-13-23)17-24-18-30(42-3)31(43-4)20-29(24)41-2/h5-20H,21H2,1-4H3,(H,35,40)(H,36,38)(H,37,39)/b28-17+. The molecule has 0 unspecified atom stereocenters. The average molecular weight is 612 g/mol. The van der Waals surface area contributed by atoms with Gasteiger partial charge in [-0.2, -0.15) is 0 Å². The Morgan fingerprint density at radius 2 is 1.43 bits per heavy atom. The molecule has 4 rings (SSSR count). The number of para-hydroxylation sites is 1. The lowest BCUT2D eigenvalue weighted by molar-refractivity contribution is -0.114. The first-order chi connectivity index (χ1) is 21.3. The smallest absolute Gasteiger partial charge is 0.272 e. The van der Waals surface area contributed by atoms with Gasteiger partial charge in [-0.1, -0.05) is 42.5 Å². The van der Waals surface area contributed by atoms with Gasteiger partial charge in [-0.05, 0) is 61.0 Å². The van der Waals surface area contributed by atoms with Crippen molar-refractivity contribution in [3.63, 3.8) is 0 Å². The van der Waals surface area contributed by atoms with Crippen molar-refractivity contribution < 1.29 is 28.6 Å². The normalized spacial score (nSPS) is 10.9. The molecule has 0 radical (unpaired) electrons. The lowest BCUT2D eigenvalue weighted by Crippen LogP contribution is -2.30. The van der Waals surface area contributed by atoms with E-state index in [-0.39, 0.29) is 17.4 Å². The molecule has 0 fully saturated rings. The van der Waals surface area contributed by atoms with Crippen LogP contribution in [0.25, 0.3) is 6.08 Å². The number of methoxy groups -OCH3 is 3. The van der Waals surface area contributed by atoms with Crippen LogP contribution in [0.15, 0.2) is 102 Å². The van der Waals surface area contributed by atoms with Crippen molar-refractivity contribution >= 4 is 46.9 Å². The van der Waals surface area contributed by atoms with Crippen molar-refractivity contribution in [2.45, 2.75) is 11.8 Å². The maximum Gasteiger partial charge on any atom is 0.272 e. The van der Waals surface area contributed by atoms with Crippen LogP contribution >= 0.6 is 11.8 Å². The monoisotopic (exact) mass is 611 g/mol. The van der Waals surface area contributed by atoms with Gasteiger partial charge in [0.15, 0.2) is 11.5 Å². The Balaban J connectivity index is 1.55. The second kappa shape index (κ2) is 15.3. The third-order valence-electron chi connectivity index (χ3n) is 6.45. The zero-order chi connectivity index (χ0) is 31.5. The van der Waals surface area contributed by atoms with Gasteiger partial charge in [0.05, 0.1) is 27.1 Å². The molecule has 4 aromatic rings. The molecule has 3 amide bonds. The molecule has 0 aliphatic carbocycles. The molecule has 9 nitrogen and oxygen atoms in total. The number of thioether (sulfide) groups is 1. The Morgan fingerprint density at radius 1 is 0.750 bits per heavy atom. The van der Waals surface area contributed by atoms with Crippen molar-refractivity contribution in [1.82, 2.24) is 5.32 Å². The Kier molecular flexibility index (Phi) is 11.0. The van der Waals surface area contributed by atoms with Crippen molar-refractivity contribution in [1.29, 1.82) is 0 Å². The molecule has 0 bridgehead atoms. The van der Waals surface area contributed by atoms with Gasteiger partial charge in [-0.15, -0.1) is 11.8 Å². The van der Waals surface area contributed by atoms with Gasteiger partial charge >= 0.3 is 0 Å². The molecule has 0 spiro atoms. The summed E-state index contributed by atoms with van der Waals surface area (Å²) in [6, 6.07) is 26.5. The highest BCUT2D eigenvalue weighted by molar-refractivity contribution is 8.00. The molecule has 0 aliphatic rings. The van der Waals surface area contributed by atoms with Crippen molar-refractivity contribution in [2.75, 3.05) is 37.7 Å². The predicted molar refractivity (Wildman–Crippen MR) is 174 cm³/mol. The van der Waals surface area contributed by atoms with E-state index in [1.165, 1.54) is 39.2 Å². The van der Waals surface area contributed by atoms with E-state index in [9.17, 15) is 14.4 Å². The number of benzene rings is 4. The van der Waals surface area contributed by atoms with E-state index in [0.29, 0.717) is 34.1 Å². The SMILES string of the molecule is COc1cc(OC)c(OC)cc1/C=C(/NC(=O)c1ccccc1)C(=O)Nc1cccc(SCC(=O)Nc2ccccc2C)c1. The Labute approximate surface area is 260 Å². The number of rotatable bonds is 12. The number of anilines is 2. The largest absolute Gasteiger partial charge is 0.496 e. The highest BCUT2D eigenvalue weighted by Crippen LogP contribution is 2.35. The fourth-order valence-electron chi connectivity index (χ4n) is 4.17. The number of carbonyl (C=O) groups is 3. The Hall–Kier alpha value is -5.22. The summed E-state index contributed by atoms with van der Waals surface area (Å²) in [4.78, 5) is 40.0. The minimum absolute atomic E-state index is 0.0277. The number of ether oxygens (including phenoxy) is 3. The molecule has 4 aromatic carbocycles. The number of aryl methyl sites for hydroxylation is 1. The summed E-state index contributed by atoms with van der Waals surface area (Å²) in [5.41, 5.74) is 3.06. The number of hydrogen-bond acceptors (Lipinski definition) is 7. The molecular formula is C34H33N3O6S. The summed E-state index contributed by atoms with van der Waals surface area (Å²) in [6.45, 7) is 1.93. The van der Waals surface area contributed by atoms with Crippen molar-refractivity contribution in [3.8, 4) is 17.2 Å². The topological polar surface area (TPSA) is 115 Å². The van der Waals surface area contributed by atoms with Crippen molar-refractivity contribution in [3.05, 3.63) is 113 Å². The van der Waals surface area contributed by atoms with Gasteiger partial charge in [0.2, 0.25) is 5.91 Å². The summed E-state index contributed by atoms with van der Waals surface area (Å²) in [6.07, 6.45) is 1.51. The van der Waals surface area contributed by atoms with Crippen LogP contribution in [0.2, 0.25) is 0 Å². The minimum atomic E-state index is -0.564. The molecule has 0 aliphatic heterocycles. The summed E-state index contributed by atoms with van der Waals surface area (Å²) >= 11 is 1.34. The average Bonchev–Trinajstić information content (AvgIpc) is 3.04.